The van der Waals surface area contributed by atoms with E-state index in [4.69, 9.17) is 9.15 Å². The molecule has 0 aliphatic carbocycles. The van der Waals surface area contributed by atoms with Crippen LogP contribution in [0.3, 0.4) is 0 Å². The van der Waals surface area contributed by atoms with Gasteiger partial charge in [0.05, 0.1) is 6.10 Å². The van der Waals surface area contributed by atoms with Gasteiger partial charge in [0.2, 0.25) is 0 Å². The van der Waals surface area contributed by atoms with Gasteiger partial charge in [-0.05, 0) is 43.5 Å². The van der Waals surface area contributed by atoms with Gasteiger partial charge in [0.1, 0.15) is 23.3 Å². The molecule has 2 unspecified atom stereocenters. The molecule has 1 aromatic carbocycles. The van der Waals surface area contributed by atoms with Crippen molar-refractivity contribution in [2.45, 2.75) is 37.9 Å². The molecular weight excluding hydrogens is 247 g/mol. The number of hydrogen-bond acceptors (Lipinski definition) is 3. The van der Waals surface area contributed by atoms with Crippen molar-refractivity contribution < 1.29 is 18.7 Å². The maximum absolute atomic E-state index is 13.1. The molecule has 0 bridgehead atoms. The Morgan fingerprint density at radius 2 is 2.21 bits per heavy atom. The summed E-state index contributed by atoms with van der Waals surface area (Å²) in [5, 5.41) is 10.9. The van der Waals surface area contributed by atoms with E-state index in [9.17, 15) is 9.50 Å². The maximum Gasteiger partial charge on any atom is 0.134 e. The van der Waals surface area contributed by atoms with Crippen LogP contribution in [0.4, 0.5) is 4.39 Å². The molecule has 3 nitrogen and oxygen atoms in total. The number of ether oxygens (including phenoxy) is 1. The van der Waals surface area contributed by atoms with Crippen LogP contribution in [0.15, 0.2) is 28.7 Å². The second-order valence-electron chi connectivity index (χ2n) is 5.07. The zero-order valence-corrected chi connectivity index (χ0v) is 10.6. The number of furan rings is 1. The topological polar surface area (TPSA) is 42.6 Å². The van der Waals surface area contributed by atoms with Crippen molar-refractivity contribution in [3.8, 4) is 0 Å². The Balaban J connectivity index is 1.75. The molecule has 0 saturated carbocycles. The highest BCUT2D eigenvalue weighted by atomic mass is 19.1. The third kappa shape index (κ3) is 2.80. The van der Waals surface area contributed by atoms with Crippen molar-refractivity contribution in [3.63, 3.8) is 0 Å². The van der Waals surface area contributed by atoms with Crippen LogP contribution in [-0.4, -0.2) is 17.8 Å². The van der Waals surface area contributed by atoms with E-state index in [1.807, 2.05) is 0 Å². The van der Waals surface area contributed by atoms with E-state index in [0.29, 0.717) is 23.2 Å². The Morgan fingerprint density at radius 1 is 1.32 bits per heavy atom. The number of hydrogen-bond donors (Lipinski definition) is 1. The molecule has 3 rings (SSSR count). The lowest BCUT2D eigenvalue weighted by Gasteiger charge is -2.23. The normalized spacial score (nSPS) is 21.7. The van der Waals surface area contributed by atoms with Crippen LogP contribution in [0.1, 0.15) is 37.5 Å². The number of aliphatic hydroxyl groups excluding tert-OH is 1. The minimum atomic E-state index is -0.696. The highest BCUT2D eigenvalue weighted by Crippen LogP contribution is 2.29. The molecule has 0 radical (unpaired) electrons. The fourth-order valence-corrected chi connectivity index (χ4v) is 2.56. The standard InChI is InChI=1S/C15H17FO3/c16-11-4-5-14-10(7-11)8-15(19-14)13(17)9-12-3-1-2-6-18-12/h4-5,7-8,12-13,17H,1-3,6,9H2. The van der Waals surface area contributed by atoms with Crippen LogP contribution < -0.4 is 0 Å². The van der Waals surface area contributed by atoms with Crippen molar-refractivity contribution >= 4 is 11.0 Å². The van der Waals surface area contributed by atoms with Gasteiger partial charge < -0.3 is 14.3 Å². The average molecular weight is 264 g/mol. The predicted molar refractivity (Wildman–Crippen MR) is 69.3 cm³/mol. The SMILES string of the molecule is OC(CC1CCCCO1)c1cc2cc(F)ccc2o1. The molecule has 1 fully saturated rings. The summed E-state index contributed by atoms with van der Waals surface area (Å²) < 4.78 is 24.3. The van der Waals surface area contributed by atoms with Gasteiger partial charge in [0, 0.05) is 18.4 Å². The zero-order chi connectivity index (χ0) is 13.2. The molecule has 2 atom stereocenters. The minimum absolute atomic E-state index is 0.0914. The van der Waals surface area contributed by atoms with E-state index >= 15 is 0 Å². The molecule has 1 aliphatic rings. The second-order valence-corrected chi connectivity index (χ2v) is 5.07. The van der Waals surface area contributed by atoms with Crippen LogP contribution in [0.25, 0.3) is 11.0 Å². The van der Waals surface area contributed by atoms with Gasteiger partial charge in [-0.15, -0.1) is 0 Å². The van der Waals surface area contributed by atoms with Gasteiger partial charge in [-0.2, -0.15) is 0 Å². The number of fused-ring (bicyclic) bond motifs is 1. The molecule has 2 aromatic rings. The second kappa shape index (κ2) is 5.31. The smallest absolute Gasteiger partial charge is 0.134 e. The summed E-state index contributed by atoms with van der Waals surface area (Å²) in [6, 6.07) is 6.04. The van der Waals surface area contributed by atoms with Gasteiger partial charge in [-0.1, -0.05) is 0 Å². The highest BCUT2D eigenvalue weighted by molar-refractivity contribution is 5.77. The summed E-state index contributed by atoms with van der Waals surface area (Å²) in [6.45, 7) is 0.767. The maximum atomic E-state index is 13.1. The van der Waals surface area contributed by atoms with E-state index in [-0.39, 0.29) is 11.9 Å². The number of benzene rings is 1. The van der Waals surface area contributed by atoms with Crippen LogP contribution in [0, 0.1) is 5.82 Å². The lowest BCUT2D eigenvalue weighted by atomic mass is 10.0. The third-order valence-electron chi connectivity index (χ3n) is 3.59. The summed E-state index contributed by atoms with van der Waals surface area (Å²) in [5.74, 6) is 0.180. The van der Waals surface area contributed by atoms with E-state index in [1.54, 1.807) is 12.1 Å². The Morgan fingerprint density at radius 3 is 3.00 bits per heavy atom. The van der Waals surface area contributed by atoms with Crippen molar-refractivity contribution in [1.29, 1.82) is 0 Å². The molecule has 4 heteroatoms. The molecule has 0 amide bonds. The first-order valence-corrected chi connectivity index (χ1v) is 6.71. The van der Waals surface area contributed by atoms with Crippen molar-refractivity contribution in [2.24, 2.45) is 0 Å². The highest BCUT2D eigenvalue weighted by Gasteiger charge is 2.21. The first-order valence-electron chi connectivity index (χ1n) is 6.71. The van der Waals surface area contributed by atoms with Crippen LogP contribution in [0.2, 0.25) is 0 Å². The van der Waals surface area contributed by atoms with E-state index in [1.165, 1.54) is 12.1 Å². The predicted octanol–water partition coefficient (Wildman–Crippen LogP) is 3.56. The Kier molecular flexibility index (Phi) is 3.53. The number of rotatable bonds is 3. The quantitative estimate of drug-likeness (QED) is 0.921. The molecule has 102 valence electrons. The Hall–Kier alpha value is -1.39. The van der Waals surface area contributed by atoms with Gasteiger partial charge in [-0.25, -0.2) is 4.39 Å². The minimum Gasteiger partial charge on any atom is -0.458 e. The van der Waals surface area contributed by atoms with E-state index in [2.05, 4.69) is 0 Å². The monoisotopic (exact) mass is 264 g/mol. The van der Waals surface area contributed by atoms with Crippen molar-refractivity contribution in [2.75, 3.05) is 6.61 Å². The largest absolute Gasteiger partial charge is 0.458 e. The zero-order valence-electron chi connectivity index (χ0n) is 10.6. The molecule has 2 heterocycles. The summed E-state index contributed by atoms with van der Waals surface area (Å²) >= 11 is 0. The lowest BCUT2D eigenvalue weighted by molar-refractivity contribution is -0.0191. The van der Waals surface area contributed by atoms with Gasteiger partial charge in [0.15, 0.2) is 0 Å². The van der Waals surface area contributed by atoms with Gasteiger partial charge >= 0.3 is 0 Å². The average Bonchev–Trinajstić information content (AvgIpc) is 2.83. The summed E-state index contributed by atoms with van der Waals surface area (Å²) in [5.41, 5.74) is 0.597. The number of halogens is 1. The van der Waals surface area contributed by atoms with E-state index in [0.717, 1.165) is 25.9 Å². The lowest BCUT2D eigenvalue weighted by Crippen LogP contribution is -2.21. The molecule has 1 aliphatic heterocycles. The van der Waals surface area contributed by atoms with Crippen molar-refractivity contribution in [3.05, 3.63) is 35.8 Å². The first-order chi connectivity index (χ1) is 9.22. The van der Waals surface area contributed by atoms with Crippen LogP contribution >= 0.6 is 0 Å². The Labute approximate surface area is 111 Å². The van der Waals surface area contributed by atoms with Gasteiger partial charge in [0.25, 0.3) is 0 Å². The molecular formula is C15H17FO3. The summed E-state index contributed by atoms with van der Waals surface area (Å²) in [7, 11) is 0. The molecule has 1 saturated heterocycles. The summed E-state index contributed by atoms with van der Waals surface area (Å²) in [4.78, 5) is 0. The fourth-order valence-electron chi connectivity index (χ4n) is 2.56. The summed E-state index contributed by atoms with van der Waals surface area (Å²) in [6.07, 6.45) is 3.14. The molecule has 0 spiro atoms. The van der Waals surface area contributed by atoms with E-state index < -0.39 is 6.10 Å². The molecule has 1 N–H and O–H groups in total. The molecule has 19 heavy (non-hydrogen) atoms. The fraction of sp³-hybridized carbons (Fsp3) is 0.467. The molecule has 1 aromatic heterocycles. The Bertz CT molecular complexity index is 558. The first kappa shape index (κ1) is 12.6. The number of aliphatic hydroxyl groups is 1. The van der Waals surface area contributed by atoms with Crippen molar-refractivity contribution in [1.82, 2.24) is 0 Å². The third-order valence-corrected chi connectivity index (χ3v) is 3.59. The van der Waals surface area contributed by atoms with Crippen LogP contribution in [-0.2, 0) is 4.74 Å². The van der Waals surface area contributed by atoms with Gasteiger partial charge in [-0.3, -0.25) is 0 Å². The van der Waals surface area contributed by atoms with Crippen LogP contribution in [0.5, 0.6) is 0 Å².